The third-order valence-corrected chi connectivity index (χ3v) is 7.13. The second-order valence-corrected chi connectivity index (χ2v) is 9.23. The molecule has 4 aliphatic rings. The predicted molar refractivity (Wildman–Crippen MR) is 143 cm³/mol. The number of aliphatic imine (C=N–C) groups is 1. The van der Waals surface area contributed by atoms with E-state index >= 15 is 0 Å². The van der Waals surface area contributed by atoms with Crippen LogP contribution in [0.5, 0.6) is 5.75 Å². The molecule has 7 rings (SSSR count). The zero-order chi connectivity index (χ0) is 23.5. The summed E-state index contributed by atoms with van der Waals surface area (Å²) in [6, 6.07) is 19.3. The summed E-state index contributed by atoms with van der Waals surface area (Å²) in [5.74, 6) is 0.803. The monoisotopic (exact) mass is 462 g/mol. The molecule has 35 heavy (non-hydrogen) atoms. The second-order valence-electron chi connectivity index (χ2n) is 9.23. The second kappa shape index (κ2) is 9.93. The molecule has 0 aromatic heterocycles. The van der Waals surface area contributed by atoms with Gasteiger partial charge in [-0.1, -0.05) is 42.5 Å². The lowest BCUT2D eigenvalue weighted by Crippen LogP contribution is -2.36. The number of anilines is 1. The Balaban J connectivity index is 0.000000174. The van der Waals surface area contributed by atoms with Crippen molar-refractivity contribution in [2.75, 3.05) is 31.2 Å². The largest absolute Gasteiger partial charge is 0.463 e. The van der Waals surface area contributed by atoms with Crippen molar-refractivity contribution in [3.05, 3.63) is 98.9 Å². The topological polar surface area (TPSA) is 34.1 Å². The summed E-state index contributed by atoms with van der Waals surface area (Å²) in [6.45, 7) is 3.68. The minimum Gasteiger partial charge on any atom is -0.463 e. The van der Waals surface area contributed by atoms with Crippen LogP contribution in [0.2, 0.25) is 0 Å². The number of allylic oxidation sites excluding steroid dienone is 1. The number of rotatable bonds is 1. The molecule has 4 nitrogen and oxygen atoms in total. The average molecular weight is 463 g/mol. The van der Waals surface area contributed by atoms with Gasteiger partial charge in [-0.15, -0.1) is 0 Å². The molecular weight excluding hydrogens is 432 g/mol. The smallest absolute Gasteiger partial charge is 0.152 e. The summed E-state index contributed by atoms with van der Waals surface area (Å²) >= 11 is 0. The molecule has 0 radical (unpaired) electrons. The quantitative estimate of drug-likeness (QED) is 0.532. The number of nitrogens with zero attached hydrogens (tertiary/aromatic N) is 2. The number of ether oxygens (including phenoxy) is 2. The van der Waals surface area contributed by atoms with Gasteiger partial charge in [-0.25, -0.2) is 0 Å². The highest BCUT2D eigenvalue weighted by Gasteiger charge is 2.14. The molecule has 176 valence electrons. The summed E-state index contributed by atoms with van der Waals surface area (Å²) in [4.78, 5) is 6.59. The van der Waals surface area contributed by atoms with Gasteiger partial charge in [0.25, 0.3) is 0 Å². The normalized spacial score (nSPS) is 17.1. The van der Waals surface area contributed by atoms with Crippen molar-refractivity contribution in [2.45, 2.75) is 25.7 Å². The summed E-state index contributed by atoms with van der Waals surface area (Å²) in [5.41, 5.74) is 5.37. The highest BCUT2D eigenvalue weighted by atomic mass is 16.5. The van der Waals surface area contributed by atoms with Crippen LogP contribution in [-0.2, 0) is 17.6 Å². The lowest BCUT2D eigenvalue weighted by atomic mass is 9.89. The van der Waals surface area contributed by atoms with Crippen LogP contribution in [0.15, 0.2) is 71.9 Å². The van der Waals surface area contributed by atoms with Crippen molar-refractivity contribution in [2.24, 2.45) is 4.99 Å². The Labute approximate surface area is 205 Å². The van der Waals surface area contributed by atoms with Crippen molar-refractivity contribution in [1.29, 1.82) is 0 Å². The lowest BCUT2D eigenvalue weighted by molar-refractivity contribution is 0.122. The Kier molecular flexibility index (Phi) is 6.20. The fraction of sp³-hybridized carbons (Fsp3) is 0.258. The zero-order valence-electron chi connectivity index (χ0n) is 20.0. The molecule has 2 aliphatic carbocycles. The number of hydrogen-bond donors (Lipinski definition) is 0. The maximum atomic E-state index is 5.48. The van der Waals surface area contributed by atoms with E-state index in [-0.39, 0.29) is 0 Å². The Morgan fingerprint density at radius 1 is 0.829 bits per heavy atom. The van der Waals surface area contributed by atoms with Crippen LogP contribution >= 0.6 is 0 Å². The molecule has 0 atom stereocenters. The molecule has 0 bridgehead atoms. The Morgan fingerprint density at radius 3 is 2.66 bits per heavy atom. The van der Waals surface area contributed by atoms with Crippen LogP contribution in [0.1, 0.15) is 24.0 Å². The standard InChI is InChI=1S/C22H23NO.C9H7NO/c1-2-4-19-16(3-1)5-8-22-20-10-7-18(23-11-13-24-14-12-23)15-17(20)6-9-21(19)22;1-2-5-9-8(4-1)10-6-3-7-11-9/h3,5-8,10,15H,1-2,4,9,11-14H2;1-7H. The first-order chi connectivity index (χ1) is 17.4. The molecule has 0 unspecified atom stereocenters. The first-order valence-corrected chi connectivity index (χ1v) is 12.6. The van der Waals surface area contributed by atoms with Crippen molar-refractivity contribution in [3.8, 4) is 5.75 Å². The minimum absolute atomic E-state index is 0.803. The fourth-order valence-corrected chi connectivity index (χ4v) is 5.35. The van der Waals surface area contributed by atoms with Crippen molar-refractivity contribution in [1.82, 2.24) is 0 Å². The van der Waals surface area contributed by atoms with Gasteiger partial charge < -0.3 is 14.4 Å². The Hall–Kier alpha value is -3.63. The summed E-state index contributed by atoms with van der Waals surface area (Å²) in [7, 11) is 0. The molecular formula is C31H30N2O2. The van der Waals surface area contributed by atoms with Gasteiger partial charge in [-0.05, 0) is 88.0 Å². The van der Waals surface area contributed by atoms with E-state index in [9.17, 15) is 0 Å². The van der Waals surface area contributed by atoms with E-state index in [2.05, 4.69) is 52.4 Å². The van der Waals surface area contributed by atoms with Gasteiger partial charge in [0.15, 0.2) is 5.75 Å². The molecule has 1 fully saturated rings. The average Bonchev–Trinajstić information content (AvgIpc) is 3.19. The molecule has 3 aromatic rings. The van der Waals surface area contributed by atoms with Crippen LogP contribution in [0.3, 0.4) is 0 Å². The lowest BCUT2D eigenvalue weighted by Gasteiger charge is -2.29. The maximum Gasteiger partial charge on any atom is 0.152 e. The van der Waals surface area contributed by atoms with E-state index < -0.39 is 0 Å². The summed E-state index contributed by atoms with van der Waals surface area (Å²) in [5, 5.41) is 5.73. The van der Waals surface area contributed by atoms with Crippen molar-refractivity contribution >= 4 is 29.7 Å². The zero-order valence-corrected chi connectivity index (χ0v) is 20.0. The van der Waals surface area contributed by atoms with E-state index in [1.807, 2.05) is 24.3 Å². The summed E-state index contributed by atoms with van der Waals surface area (Å²) < 4.78 is 10.7. The Morgan fingerprint density at radius 2 is 1.71 bits per heavy atom. The van der Waals surface area contributed by atoms with Gasteiger partial charge in [-0.3, -0.25) is 4.99 Å². The molecule has 0 spiro atoms. The molecule has 0 N–H and O–H groups in total. The third kappa shape index (κ3) is 4.54. The highest BCUT2D eigenvalue weighted by molar-refractivity contribution is 5.76. The van der Waals surface area contributed by atoms with Crippen molar-refractivity contribution in [3.63, 3.8) is 0 Å². The molecule has 0 saturated carbocycles. The van der Waals surface area contributed by atoms with Gasteiger partial charge in [-0.2, -0.15) is 0 Å². The van der Waals surface area contributed by atoms with E-state index in [0.29, 0.717) is 0 Å². The number of morpholine rings is 1. The number of para-hydroxylation sites is 2. The van der Waals surface area contributed by atoms with Gasteiger partial charge in [0.05, 0.1) is 19.5 Å². The van der Waals surface area contributed by atoms with Crippen molar-refractivity contribution < 1.29 is 9.47 Å². The van der Waals surface area contributed by atoms with Crippen LogP contribution in [-0.4, -0.2) is 32.5 Å². The molecule has 2 heterocycles. The number of hydrogen-bond acceptors (Lipinski definition) is 4. The van der Waals surface area contributed by atoms with E-state index in [4.69, 9.17) is 9.47 Å². The van der Waals surface area contributed by atoms with Crippen LogP contribution in [0, 0.1) is 10.4 Å². The van der Waals surface area contributed by atoms with Gasteiger partial charge >= 0.3 is 0 Å². The van der Waals surface area contributed by atoms with Gasteiger partial charge in [0, 0.05) is 25.0 Å². The molecule has 4 heteroatoms. The van der Waals surface area contributed by atoms with E-state index in [1.54, 1.807) is 29.7 Å². The van der Waals surface area contributed by atoms with Crippen LogP contribution in [0.4, 0.5) is 11.4 Å². The number of fused-ring (bicyclic) bond motifs is 5. The first-order valence-electron chi connectivity index (χ1n) is 12.6. The molecule has 3 aromatic carbocycles. The maximum absolute atomic E-state index is 5.48. The van der Waals surface area contributed by atoms with Gasteiger partial charge in [0.1, 0.15) is 5.69 Å². The molecule has 0 amide bonds. The molecule has 2 aliphatic heterocycles. The SMILES string of the molecule is C1=COc2ccccc2N=C1.C1=c2ccc3c(c2CCC1)CC=c1cc(N2CCOCC2)ccc1=3. The third-order valence-electron chi connectivity index (χ3n) is 7.13. The predicted octanol–water partition coefficient (Wildman–Crippen LogP) is 4.56. The molecule has 1 saturated heterocycles. The Bertz CT molecular complexity index is 1510. The fourth-order valence-electron chi connectivity index (χ4n) is 5.35. The minimum atomic E-state index is 0.803. The van der Waals surface area contributed by atoms with Crippen LogP contribution < -0.4 is 20.1 Å². The highest BCUT2D eigenvalue weighted by Crippen LogP contribution is 2.27. The number of benzene rings is 3. The van der Waals surface area contributed by atoms with Crippen LogP contribution in [0.25, 0.3) is 12.2 Å². The van der Waals surface area contributed by atoms with Gasteiger partial charge in [0.2, 0.25) is 0 Å². The van der Waals surface area contributed by atoms with E-state index in [0.717, 1.165) is 44.2 Å². The summed E-state index contributed by atoms with van der Waals surface area (Å²) in [6.07, 6.45) is 14.8. The van der Waals surface area contributed by atoms with E-state index in [1.165, 1.54) is 45.8 Å². The first kappa shape index (κ1) is 21.9.